The highest BCUT2D eigenvalue weighted by molar-refractivity contribution is 5.99. The molecule has 1 aliphatic rings. The molecule has 6 aromatic heterocycles. The van der Waals surface area contributed by atoms with Crippen LogP contribution in [0.25, 0.3) is 33.3 Å². The third-order valence-electron chi connectivity index (χ3n) is 10.1. The van der Waals surface area contributed by atoms with Crippen LogP contribution in [0.5, 0.6) is 0 Å². The second-order valence-electron chi connectivity index (χ2n) is 14.5. The van der Waals surface area contributed by atoms with Gasteiger partial charge in [-0.05, 0) is 25.0 Å². The monoisotopic (exact) mass is 866 g/mol. The minimum Gasteiger partial charge on any atom is -0.383 e. The molecule has 1 aliphatic heterocycles. The predicted molar refractivity (Wildman–Crippen MR) is 234 cm³/mol. The van der Waals surface area contributed by atoms with Crippen molar-refractivity contribution in [3.8, 4) is 11.3 Å². The maximum atomic E-state index is 12.5. The zero-order chi connectivity index (χ0) is 43.6. The maximum absolute atomic E-state index is 12.5. The number of unbranched alkanes of at least 4 members (excludes halogenated alkanes) is 1. The lowest BCUT2D eigenvalue weighted by molar-refractivity contribution is -0.122. The summed E-state index contributed by atoms with van der Waals surface area (Å²) in [6, 6.07) is 3.97. The van der Waals surface area contributed by atoms with Crippen molar-refractivity contribution in [1.29, 1.82) is 0 Å². The smallest absolute Gasteiger partial charge is 0.254 e. The summed E-state index contributed by atoms with van der Waals surface area (Å²) in [5.74, 6) is 1.28. The first-order valence-corrected chi connectivity index (χ1v) is 21.1. The van der Waals surface area contributed by atoms with Crippen LogP contribution in [-0.4, -0.2) is 154 Å². The molecule has 22 nitrogen and oxygen atoms in total. The lowest BCUT2D eigenvalue weighted by Crippen LogP contribution is -2.47. The first kappa shape index (κ1) is 44.6. The molecule has 7 rings (SSSR count). The van der Waals surface area contributed by atoms with Gasteiger partial charge in [0.2, 0.25) is 17.8 Å². The second-order valence-corrected chi connectivity index (χ2v) is 14.5. The van der Waals surface area contributed by atoms with E-state index in [1.165, 1.54) is 18.7 Å². The van der Waals surface area contributed by atoms with Crippen LogP contribution in [0.4, 0.5) is 17.7 Å². The fraction of sp³-hybridized carbons (Fsp3) is 0.463. The van der Waals surface area contributed by atoms with E-state index in [1.54, 1.807) is 18.6 Å². The molecule has 1 fully saturated rings. The van der Waals surface area contributed by atoms with Crippen molar-refractivity contribution < 1.29 is 28.5 Å². The largest absolute Gasteiger partial charge is 0.383 e. The second kappa shape index (κ2) is 23.1. The molecule has 0 saturated carbocycles. The Labute approximate surface area is 363 Å². The lowest BCUT2D eigenvalue weighted by Gasteiger charge is -2.34. The number of pyridine rings is 1. The van der Waals surface area contributed by atoms with Gasteiger partial charge >= 0.3 is 0 Å². The summed E-state index contributed by atoms with van der Waals surface area (Å²) in [5.41, 5.74) is 16.1. The summed E-state index contributed by atoms with van der Waals surface area (Å²) in [6.45, 7) is 7.78. The van der Waals surface area contributed by atoms with Gasteiger partial charge in [0.15, 0.2) is 5.65 Å². The summed E-state index contributed by atoms with van der Waals surface area (Å²) in [6.07, 6.45) is 13.4. The standard InChI is InChI=1S/C41H54N16O6/c42-22-29-23-48-40(49-24-29)55-9-11-56(12-10-55)41-50-26-32(27-51-41)39(59)46-7-14-61-16-18-63-20-19-62-17-15-60-13-4-33(58)44-5-1-2-8-57-38-34(36(43)52-28-53-38)35(54-57)31-21-30-3-6-45-37(30)47-25-31/h3,6,21,23-28H,1-2,4-5,7-20,22,42H2,(H,44,58)(H,45,47)(H,46,59)(H2,43,52,53). The van der Waals surface area contributed by atoms with Gasteiger partial charge in [0.25, 0.3) is 5.91 Å². The lowest BCUT2D eigenvalue weighted by atomic mass is 10.1. The molecule has 2 amide bonds. The molecule has 0 radical (unpaired) electrons. The minimum atomic E-state index is -0.268. The summed E-state index contributed by atoms with van der Waals surface area (Å²) in [7, 11) is 0. The van der Waals surface area contributed by atoms with Gasteiger partial charge in [0.05, 0.1) is 63.8 Å². The van der Waals surface area contributed by atoms with Gasteiger partial charge in [-0.1, -0.05) is 0 Å². The van der Waals surface area contributed by atoms with Crippen LogP contribution in [0.1, 0.15) is 35.2 Å². The van der Waals surface area contributed by atoms with Crippen LogP contribution < -0.4 is 31.9 Å². The molecule has 7 heterocycles. The van der Waals surface area contributed by atoms with Gasteiger partial charge in [-0.15, -0.1) is 0 Å². The van der Waals surface area contributed by atoms with Gasteiger partial charge < -0.3 is 55.8 Å². The number of aromatic nitrogens is 10. The zero-order valence-corrected chi connectivity index (χ0v) is 35.2. The quantitative estimate of drug-likeness (QED) is 0.0504. The van der Waals surface area contributed by atoms with Crippen LogP contribution in [0.3, 0.4) is 0 Å². The van der Waals surface area contributed by atoms with E-state index in [1.807, 2.05) is 23.0 Å². The molecule has 7 N–H and O–H groups in total. The number of rotatable bonds is 25. The Kier molecular flexibility index (Phi) is 16.4. The Bertz CT molecular complexity index is 2350. The molecule has 0 unspecified atom stereocenters. The first-order valence-electron chi connectivity index (χ1n) is 21.1. The van der Waals surface area contributed by atoms with Crippen molar-refractivity contribution in [3.63, 3.8) is 0 Å². The number of nitrogen functional groups attached to an aromatic ring is 1. The Morgan fingerprint density at radius 1 is 0.730 bits per heavy atom. The van der Waals surface area contributed by atoms with E-state index in [0.717, 1.165) is 48.1 Å². The number of piperazine rings is 1. The Morgan fingerprint density at radius 3 is 2.06 bits per heavy atom. The van der Waals surface area contributed by atoms with E-state index >= 15 is 0 Å². The van der Waals surface area contributed by atoms with Crippen molar-refractivity contribution in [3.05, 3.63) is 66.8 Å². The molecule has 0 aromatic carbocycles. The number of carbonyl (C=O) groups is 2. The number of H-pyrrole nitrogens is 1. The van der Waals surface area contributed by atoms with Gasteiger partial charge in [-0.2, -0.15) is 5.10 Å². The molecule has 6 aromatic rings. The number of aromatic amines is 1. The number of hydrogen-bond donors (Lipinski definition) is 5. The third kappa shape index (κ3) is 12.6. The summed E-state index contributed by atoms with van der Waals surface area (Å²) in [5, 5.41) is 12.2. The predicted octanol–water partition coefficient (Wildman–Crippen LogP) is 1.10. The van der Waals surface area contributed by atoms with Crippen LogP contribution in [0.15, 0.2) is 55.6 Å². The third-order valence-corrected chi connectivity index (χ3v) is 10.1. The number of carbonyl (C=O) groups excluding carboxylic acids is 2. The average molecular weight is 867 g/mol. The Hall–Kier alpha value is -6.46. The molecule has 0 aliphatic carbocycles. The molecular formula is C41H54N16O6. The van der Waals surface area contributed by atoms with E-state index in [9.17, 15) is 9.59 Å². The van der Waals surface area contributed by atoms with E-state index in [-0.39, 0.29) is 18.2 Å². The molecular weight excluding hydrogens is 813 g/mol. The zero-order valence-electron chi connectivity index (χ0n) is 35.2. The number of nitrogens with zero attached hydrogens (tertiary/aromatic N) is 11. The number of nitrogens with two attached hydrogens (primary N) is 2. The number of aryl methyl sites for hydroxylation is 1. The van der Waals surface area contributed by atoms with Gasteiger partial charge in [-0.25, -0.2) is 39.6 Å². The SMILES string of the molecule is NCc1cnc(N2CCN(c3ncc(C(=O)NCCOCCOCCOCCOCCC(=O)NCCCCn4nc(-c5cnc6[nH]ccc6c5)c5c(N)ncnc54)cn3)CC2)nc1. The van der Waals surface area contributed by atoms with Crippen LogP contribution >= 0.6 is 0 Å². The molecule has 63 heavy (non-hydrogen) atoms. The molecule has 22 heteroatoms. The summed E-state index contributed by atoms with van der Waals surface area (Å²) < 4.78 is 24.0. The van der Waals surface area contributed by atoms with Crippen LogP contribution in [-0.2, 0) is 36.8 Å². The van der Waals surface area contributed by atoms with Crippen molar-refractivity contribution in [2.45, 2.75) is 32.4 Å². The van der Waals surface area contributed by atoms with Crippen molar-refractivity contribution in [2.75, 3.05) is 108 Å². The molecule has 0 spiro atoms. The topological polar surface area (TPSA) is 277 Å². The molecule has 0 bridgehead atoms. The van der Waals surface area contributed by atoms with E-state index < -0.39 is 0 Å². The highest BCUT2D eigenvalue weighted by Gasteiger charge is 2.22. The normalized spacial score (nSPS) is 13.0. The Balaban J connectivity index is 0.649. The van der Waals surface area contributed by atoms with E-state index in [4.69, 9.17) is 35.5 Å². The first-order chi connectivity index (χ1) is 31.0. The summed E-state index contributed by atoms with van der Waals surface area (Å²) >= 11 is 0. The van der Waals surface area contributed by atoms with Gasteiger partial charge in [0.1, 0.15) is 23.5 Å². The van der Waals surface area contributed by atoms with Crippen molar-refractivity contribution in [2.24, 2.45) is 5.73 Å². The number of hydrogen-bond acceptors (Lipinski definition) is 18. The molecule has 334 valence electrons. The number of anilines is 3. The van der Waals surface area contributed by atoms with E-state index in [2.05, 4.69) is 60.3 Å². The van der Waals surface area contributed by atoms with Crippen molar-refractivity contribution in [1.82, 2.24) is 60.3 Å². The van der Waals surface area contributed by atoms with E-state index in [0.29, 0.717) is 132 Å². The fourth-order valence-corrected chi connectivity index (χ4v) is 6.75. The summed E-state index contributed by atoms with van der Waals surface area (Å²) in [4.78, 5) is 62.9. The fourth-order valence-electron chi connectivity index (χ4n) is 6.75. The average Bonchev–Trinajstić information content (AvgIpc) is 3.95. The van der Waals surface area contributed by atoms with Crippen molar-refractivity contribution >= 4 is 51.6 Å². The van der Waals surface area contributed by atoms with Crippen LogP contribution in [0, 0.1) is 0 Å². The van der Waals surface area contributed by atoms with Gasteiger partial charge in [0, 0.05) is 112 Å². The van der Waals surface area contributed by atoms with Gasteiger partial charge in [-0.3, -0.25) is 9.59 Å². The highest BCUT2D eigenvalue weighted by atomic mass is 16.6. The number of nitrogens with one attached hydrogen (secondary N) is 3. The number of amides is 2. The minimum absolute atomic E-state index is 0.0711. The number of ether oxygens (including phenoxy) is 4. The Morgan fingerprint density at radius 2 is 1.38 bits per heavy atom. The maximum Gasteiger partial charge on any atom is 0.254 e. The molecule has 1 saturated heterocycles. The molecule has 0 atom stereocenters. The van der Waals surface area contributed by atoms with Crippen LogP contribution in [0.2, 0.25) is 0 Å². The highest BCUT2D eigenvalue weighted by Crippen LogP contribution is 2.31. The number of fused-ring (bicyclic) bond motifs is 2.